The van der Waals surface area contributed by atoms with E-state index in [4.69, 9.17) is 10.5 Å². The fraction of sp³-hybridized carbons (Fsp3) is 0.333. The first kappa shape index (κ1) is 15.4. The maximum absolute atomic E-state index is 11.7. The molecule has 0 fully saturated rings. The quantitative estimate of drug-likeness (QED) is 0.407. The van der Waals surface area contributed by atoms with Gasteiger partial charge in [-0.15, -0.1) is 0 Å². The van der Waals surface area contributed by atoms with Gasteiger partial charge in [0.25, 0.3) is 0 Å². The van der Waals surface area contributed by atoms with Gasteiger partial charge in [0, 0.05) is 13.2 Å². The second-order valence-electron chi connectivity index (χ2n) is 3.63. The van der Waals surface area contributed by atoms with Crippen molar-refractivity contribution >= 4 is 18.0 Å². The van der Waals surface area contributed by atoms with Crippen LogP contribution in [-0.4, -0.2) is 36.6 Å². The summed E-state index contributed by atoms with van der Waals surface area (Å²) in [5.41, 5.74) is 5.84. The minimum absolute atomic E-state index is 0.193. The van der Waals surface area contributed by atoms with Crippen molar-refractivity contribution in [3.63, 3.8) is 0 Å². The number of nitrogens with one attached hydrogen (secondary N) is 2. The molecule has 0 saturated carbocycles. The number of hydrogen-bond donors (Lipinski definition) is 3. The van der Waals surface area contributed by atoms with Crippen molar-refractivity contribution in [2.75, 3.05) is 13.7 Å². The minimum atomic E-state index is -0.732. The number of nitrogens with zero attached hydrogens (tertiary/aromatic N) is 2. The van der Waals surface area contributed by atoms with Gasteiger partial charge in [-0.25, -0.2) is 9.59 Å². The first-order chi connectivity index (χ1) is 9.58. The fourth-order valence-corrected chi connectivity index (χ4v) is 1.44. The Hall–Kier alpha value is -2.64. The predicted octanol–water partition coefficient (Wildman–Crippen LogP) is 0.00200. The number of ether oxygens (including phenoxy) is 1. The number of urea groups is 1. The first-order valence-corrected chi connectivity index (χ1v) is 5.96. The third kappa shape index (κ3) is 4.56. The number of guanidine groups is 1. The molecule has 0 saturated heterocycles. The molecular formula is C12H17N5O3. The van der Waals surface area contributed by atoms with Gasteiger partial charge in [0.15, 0.2) is 5.96 Å². The van der Waals surface area contributed by atoms with Crippen LogP contribution in [0.4, 0.5) is 4.79 Å². The van der Waals surface area contributed by atoms with Crippen LogP contribution >= 0.6 is 0 Å². The van der Waals surface area contributed by atoms with Crippen molar-refractivity contribution in [3.05, 3.63) is 29.6 Å². The minimum Gasteiger partial charge on any atom is -0.462 e. The summed E-state index contributed by atoms with van der Waals surface area (Å²) >= 11 is 0. The van der Waals surface area contributed by atoms with E-state index in [9.17, 15) is 9.59 Å². The molecule has 1 aromatic heterocycles. The topological polar surface area (TPSA) is 119 Å². The van der Waals surface area contributed by atoms with Crippen molar-refractivity contribution in [2.45, 2.75) is 13.5 Å². The van der Waals surface area contributed by atoms with Crippen LogP contribution in [0.3, 0.4) is 0 Å². The van der Waals surface area contributed by atoms with E-state index in [1.165, 1.54) is 7.05 Å². The van der Waals surface area contributed by atoms with Crippen LogP contribution in [0.2, 0.25) is 0 Å². The zero-order chi connectivity index (χ0) is 15.0. The average Bonchev–Trinajstić information content (AvgIpc) is 2.43. The van der Waals surface area contributed by atoms with E-state index < -0.39 is 12.0 Å². The van der Waals surface area contributed by atoms with Crippen LogP contribution in [0.5, 0.6) is 0 Å². The van der Waals surface area contributed by atoms with E-state index >= 15 is 0 Å². The Bertz CT molecular complexity index is 516. The number of aromatic nitrogens is 1. The zero-order valence-corrected chi connectivity index (χ0v) is 11.3. The Morgan fingerprint density at radius 2 is 2.25 bits per heavy atom. The summed E-state index contributed by atoms with van der Waals surface area (Å²) in [5, 5.41) is 5.13. The van der Waals surface area contributed by atoms with Gasteiger partial charge < -0.3 is 15.8 Å². The number of pyridine rings is 1. The Morgan fingerprint density at radius 3 is 2.85 bits per heavy atom. The van der Waals surface area contributed by atoms with Gasteiger partial charge in [-0.3, -0.25) is 15.3 Å². The summed E-state index contributed by atoms with van der Waals surface area (Å²) in [4.78, 5) is 30.4. The third-order valence-electron chi connectivity index (χ3n) is 2.27. The summed E-state index contributed by atoms with van der Waals surface area (Å²) in [6.07, 6.45) is 1.56. The van der Waals surface area contributed by atoms with Crippen molar-refractivity contribution in [3.8, 4) is 0 Å². The first-order valence-electron chi connectivity index (χ1n) is 5.96. The van der Waals surface area contributed by atoms with Crippen molar-refractivity contribution in [1.82, 2.24) is 15.6 Å². The van der Waals surface area contributed by atoms with Crippen molar-refractivity contribution in [1.29, 1.82) is 0 Å². The molecule has 1 aromatic rings. The normalized spacial score (nSPS) is 10.8. The maximum atomic E-state index is 11.7. The molecule has 0 spiro atoms. The van der Waals surface area contributed by atoms with Crippen LogP contribution in [0.25, 0.3) is 0 Å². The SMILES string of the molecule is CCOC(=O)c1cccnc1CNC(=NC)NC(N)=O. The van der Waals surface area contributed by atoms with E-state index in [1.54, 1.807) is 25.3 Å². The van der Waals surface area contributed by atoms with Gasteiger partial charge in [-0.05, 0) is 19.1 Å². The van der Waals surface area contributed by atoms with Crippen LogP contribution in [0, 0.1) is 0 Å². The Kier molecular flexibility index (Phi) is 5.95. The molecule has 108 valence electrons. The number of aliphatic imine (C=N–C) groups is 1. The molecule has 1 heterocycles. The molecule has 20 heavy (non-hydrogen) atoms. The standard InChI is InChI=1S/C12H17N5O3/c1-3-20-10(18)8-5-4-6-15-9(8)7-16-12(14-2)17-11(13)19/h4-6H,3,7H2,1-2H3,(H4,13,14,16,17,19). The lowest BCUT2D eigenvalue weighted by Crippen LogP contribution is -2.43. The number of esters is 1. The summed E-state index contributed by atoms with van der Waals surface area (Å²) < 4.78 is 4.94. The summed E-state index contributed by atoms with van der Waals surface area (Å²) in [6, 6.07) is 2.53. The number of hydrogen-bond acceptors (Lipinski definition) is 5. The van der Waals surface area contributed by atoms with E-state index in [0.717, 1.165) is 0 Å². The largest absolute Gasteiger partial charge is 0.462 e. The van der Waals surface area contributed by atoms with Gasteiger partial charge in [-0.2, -0.15) is 0 Å². The summed E-state index contributed by atoms with van der Waals surface area (Å²) in [6.45, 7) is 2.21. The van der Waals surface area contributed by atoms with Gasteiger partial charge in [0.1, 0.15) is 0 Å². The molecule has 0 aliphatic rings. The summed E-state index contributed by atoms with van der Waals surface area (Å²) in [5.74, 6) is -0.256. The highest BCUT2D eigenvalue weighted by molar-refractivity contribution is 5.95. The van der Waals surface area contributed by atoms with Crippen LogP contribution in [-0.2, 0) is 11.3 Å². The average molecular weight is 279 g/mol. The number of carbonyl (C=O) groups is 2. The van der Waals surface area contributed by atoms with Crippen LogP contribution in [0.15, 0.2) is 23.3 Å². The highest BCUT2D eigenvalue weighted by atomic mass is 16.5. The number of amides is 2. The van der Waals surface area contributed by atoms with E-state index in [2.05, 4.69) is 20.6 Å². The molecule has 0 atom stereocenters. The second kappa shape index (κ2) is 7.72. The molecule has 0 aromatic carbocycles. The number of rotatable bonds is 4. The maximum Gasteiger partial charge on any atom is 0.340 e. The number of nitrogens with two attached hydrogens (primary N) is 1. The Labute approximate surface area is 116 Å². The van der Waals surface area contributed by atoms with Gasteiger partial charge >= 0.3 is 12.0 Å². The van der Waals surface area contributed by atoms with E-state index in [-0.39, 0.29) is 19.1 Å². The fourth-order valence-electron chi connectivity index (χ4n) is 1.44. The molecule has 0 bridgehead atoms. The van der Waals surface area contributed by atoms with E-state index in [1.807, 2.05) is 0 Å². The molecule has 0 aliphatic heterocycles. The lowest BCUT2D eigenvalue weighted by Gasteiger charge is -2.11. The molecule has 0 unspecified atom stereocenters. The van der Waals surface area contributed by atoms with Crippen LogP contribution < -0.4 is 16.4 Å². The lowest BCUT2D eigenvalue weighted by molar-refractivity contribution is 0.0524. The number of primary amides is 1. The zero-order valence-electron chi connectivity index (χ0n) is 11.3. The molecular weight excluding hydrogens is 262 g/mol. The molecule has 4 N–H and O–H groups in total. The lowest BCUT2D eigenvalue weighted by atomic mass is 10.2. The smallest absolute Gasteiger partial charge is 0.340 e. The highest BCUT2D eigenvalue weighted by Gasteiger charge is 2.13. The van der Waals surface area contributed by atoms with Crippen LogP contribution in [0.1, 0.15) is 23.0 Å². The molecule has 0 aliphatic carbocycles. The van der Waals surface area contributed by atoms with E-state index in [0.29, 0.717) is 11.3 Å². The second-order valence-corrected chi connectivity index (χ2v) is 3.63. The molecule has 0 radical (unpaired) electrons. The Balaban J connectivity index is 2.77. The predicted molar refractivity (Wildman–Crippen MR) is 73.1 cm³/mol. The molecule has 8 heteroatoms. The Morgan fingerprint density at radius 1 is 1.50 bits per heavy atom. The van der Waals surface area contributed by atoms with Crippen molar-refractivity contribution < 1.29 is 14.3 Å². The molecule has 2 amide bonds. The van der Waals surface area contributed by atoms with Gasteiger partial charge in [-0.1, -0.05) is 0 Å². The van der Waals surface area contributed by atoms with Gasteiger partial charge in [0.05, 0.1) is 24.4 Å². The molecule has 1 rings (SSSR count). The summed E-state index contributed by atoms with van der Waals surface area (Å²) in [7, 11) is 1.49. The highest BCUT2D eigenvalue weighted by Crippen LogP contribution is 2.07. The monoisotopic (exact) mass is 279 g/mol. The van der Waals surface area contributed by atoms with Gasteiger partial charge in [0.2, 0.25) is 0 Å². The number of carbonyl (C=O) groups excluding carboxylic acids is 2. The van der Waals surface area contributed by atoms with Crippen molar-refractivity contribution in [2.24, 2.45) is 10.7 Å². The molecule has 8 nitrogen and oxygen atoms in total. The third-order valence-corrected chi connectivity index (χ3v) is 2.27.